The Balaban J connectivity index is 2.21. The zero-order chi connectivity index (χ0) is 13.7. The van der Waals surface area contributed by atoms with Crippen LogP contribution in [0.25, 0.3) is 10.8 Å². The summed E-state index contributed by atoms with van der Waals surface area (Å²) in [5, 5.41) is 14.6. The first kappa shape index (κ1) is 12.8. The Labute approximate surface area is 111 Å². The molecule has 2 aromatic carbocycles. The van der Waals surface area contributed by atoms with Crippen molar-refractivity contribution in [3.63, 3.8) is 0 Å². The molecule has 0 saturated heterocycles. The molecule has 4 heteroatoms. The number of nitriles is 1. The van der Waals surface area contributed by atoms with Crippen molar-refractivity contribution in [2.24, 2.45) is 5.10 Å². The third kappa shape index (κ3) is 3.17. The first-order valence-electron chi connectivity index (χ1n) is 5.90. The molecule has 0 aliphatic carbocycles. The molecule has 0 aliphatic heterocycles. The second kappa shape index (κ2) is 5.78. The van der Waals surface area contributed by atoms with Crippen LogP contribution in [0, 0.1) is 11.3 Å². The van der Waals surface area contributed by atoms with Crippen molar-refractivity contribution in [2.45, 2.75) is 13.3 Å². The summed E-state index contributed by atoms with van der Waals surface area (Å²) in [5.74, 6) is -0.400. The van der Waals surface area contributed by atoms with E-state index in [4.69, 9.17) is 5.26 Å². The van der Waals surface area contributed by atoms with E-state index in [0.717, 1.165) is 16.3 Å². The second-order valence-corrected chi connectivity index (χ2v) is 4.13. The summed E-state index contributed by atoms with van der Waals surface area (Å²) in [6.45, 7) is 1.82. The monoisotopic (exact) mass is 251 g/mol. The van der Waals surface area contributed by atoms with Crippen molar-refractivity contribution in [3.05, 3.63) is 48.0 Å². The lowest BCUT2D eigenvalue weighted by Gasteiger charge is -2.03. The molecule has 0 spiro atoms. The van der Waals surface area contributed by atoms with E-state index in [1.165, 1.54) is 0 Å². The van der Waals surface area contributed by atoms with Crippen LogP contribution < -0.4 is 5.43 Å². The van der Waals surface area contributed by atoms with Crippen LogP contribution in [-0.2, 0) is 4.79 Å². The average molecular weight is 251 g/mol. The number of carbonyl (C=O) groups excluding carboxylic acids is 1. The van der Waals surface area contributed by atoms with Crippen LogP contribution in [0.4, 0.5) is 0 Å². The molecule has 2 rings (SSSR count). The summed E-state index contributed by atoms with van der Waals surface area (Å²) in [7, 11) is 0. The molecule has 94 valence electrons. The van der Waals surface area contributed by atoms with Gasteiger partial charge in [0.15, 0.2) is 0 Å². The Morgan fingerprint density at radius 2 is 2.00 bits per heavy atom. The van der Waals surface area contributed by atoms with Gasteiger partial charge in [0.05, 0.1) is 11.8 Å². The lowest BCUT2D eigenvalue weighted by atomic mass is 10.0. The summed E-state index contributed by atoms with van der Waals surface area (Å²) in [6.07, 6.45) is -0.186. The molecule has 0 bridgehead atoms. The molecule has 0 saturated carbocycles. The number of hydrogen-bond donors (Lipinski definition) is 1. The van der Waals surface area contributed by atoms with Crippen molar-refractivity contribution in [3.8, 4) is 6.07 Å². The molecule has 0 radical (unpaired) electrons. The second-order valence-electron chi connectivity index (χ2n) is 4.13. The maximum absolute atomic E-state index is 11.2. The number of amides is 1. The van der Waals surface area contributed by atoms with Crippen LogP contribution >= 0.6 is 0 Å². The highest BCUT2D eigenvalue weighted by atomic mass is 16.2. The summed E-state index contributed by atoms with van der Waals surface area (Å²) in [4.78, 5) is 11.2. The summed E-state index contributed by atoms with van der Waals surface area (Å²) >= 11 is 0. The molecule has 1 N–H and O–H groups in total. The smallest absolute Gasteiger partial charge is 0.254 e. The number of nitrogens with one attached hydrogen (secondary N) is 1. The van der Waals surface area contributed by atoms with Crippen molar-refractivity contribution < 1.29 is 4.79 Å². The normalized spacial score (nSPS) is 11.1. The molecule has 2 aromatic rings. The minimum Gasteiger partial charge on any atom is -0.272 e. The van der Waals surface area contributed by atoms with Gasteiger partial charge in [-0.1, -0.05) is 36.4 Å². The minimum atomic E-state index is -0.400. The highest BCUT2D eigenvalue weighted by molar-refractivity contribution is 6.02. The molecule has 4 nitrogen and oxygen atoms in total. The number of fused-ring (bicyclic) bond motifs is 1. The topological polar surface area (TPSA) is 65.2 Å². The Kier molecular flexibility index (Phi) is 3.89. The van der Waals surface area contributed by atoms with Crippen LogP contribution in [-0.4, -0.2) is 11.6 Å². The molecule has 0 unspecified atom stereocenters. The van der Waals surface area contributed by atoms with Gasteiger partial charge in [-0.05, 0) is 29.3 Å². The number of rotatable bonds is 3. The molecule has 0 aliphatic rings. The lowest BCUT2D eigenvalue weighted by Crippen LogP contribution is -2.18. The van der Waals surface area contributed by atoms with Crippen LogP contribution in [0.2, 0.25) is 0 Å². The fourth-order valence-corrected chi connectivity index (χ4v) is 1.74. The van der Waals surface area contributed by atoms with Crippen molar-refractivity contribution in [2.75, 3.05) is 0 Å². The number of hydrogen-bond acceptors (Lipinski definition) is 3. The molecule has 0 atom stereocenters. The van der Waals surface area contributed by atoms with Crippen molar-refractivity contribution in [1.82, 2.24) is 5.43 Å². The van der Waals surface area contributed by atoms with E-state index in [-0.39, 0.29) is 6.42 Å². The molecule has 1 amide bonds. The Morgan fingerprint density at radius 3 is 2.74 bits per heavy atom. The van der Waals surface area contributed by atoms with E-state index in [1.54, 1.807) is 6.07 Å². The van der Waals surface area contributed by atoms with Crippen LogP contribution in [0.5, 0.6) is 0 Å². The third-order valence-corrected chi connectivity index (χ3v) is 2.76. The van der Waals surface area contributed by atoms with Gasteiger partial charge in [-0.15, -0.1) is 0 Å². The number of benzene rings is 2. The van der Waals surface area contributed by atoms with Gasteiger partial charge >= 0.3 is 0 Å². The Morgan fingerprint density at radius 1 is 1.26 bits per heavy atom. The number of nitrogens with zero attached hydrogens (tertiary/aromatic N) is 2. The van der Waals surface area contributed by atoms with Gasteiger partial charge in [-0.3, -0.25) is 4.79 Å². The van der Waals surface area contributed by atoms with E-state index in [2.05, 4.69) is 10.5 Å². The summed E-state index contributed by atoms with van der Waals surface area (Å²) in [6, 6.07) is 15.8. The maximum atomic E-state index is 11.2. The standard InChI is InChI=1S/C15H13N3O/c1-11(17-18-15(19)8-9-16)13-7-6-12-4-2-3-5-14(12)10-13/h2-7,10H,8H2,1H3,(H,18,19). The van der Waals surface area contributed by atoms with Crippen LogP contribution in [0.3, 0.4) is 0 Å². The predicted octanol–water partition coefficient (Wildman–Crippen LogP) is 2.59. The van der Waals surface area contributed by atoms with Crippen molar-refractivity contribution in [1.29, 1.82) is 5.26 Å². The molecule has 0 aromatic heterocycles. The van der Waals surface area contributed by atoms with Crippen molar-refractivity contribution >= 4 is 22.4 Å². The first-order chi connectivity index (χ1) is 9.20. The quantitative estimate of drug-likeness (QED) is 0.673. The van der Waals surface area contributed by atoms with Gasteiger partial charge in [-0.2, -0.15) is 10.4 Å². The largest absolute Gasteiger partial charge is 0.272 e. The SMILES string of the molecule is CC(=NNC(=O)CC#N)c1ccc2ccccc2c1. The van der Waals surface area contributed by atoms with Gasteiger partial charge in [0.2, 0.25) is 0 Å². The third-order valence-electron chi connectivity index (χ3n) is 2.76. The first-order valence-corrected chi connectivity index (χ1v) is 5.90. The molecular weight excluding hydrogens is 238 g/mol. The summed E-state index contributed by atoms with van der Waals surface area (Å²) < 4.78 is 0. The van der Waals surface area contributed by atoms with Gasteiger partial charge < -0.3 is 0 Å². The van der Waals surface area contributed by atoms with E-state index >= 15 is 0 Å². The highest BCUT2D eigenvalue weighted by Gasteiger charge is 2.01. The Hall–Kier alpha value is -2.67. The lowest BCUT2D eigenvalue weighted by molar-refractivity contribution is -0.120. The number of hydrazone groups is 1. The average Bonchev–Trinajstić information content (AvgIpc) is 2.44. The van der Waals surface area contributed by atoms with E-state index in [0.29, 0.717) is 5.71 Å². The molecule has 0 heterocycles. The van der Waals surface area contributed by atoms with E-state index in [1.807, 2.05) is 49.4 Å². The predicted molar refractivity (Wildman–Crippen MR) is 74.5 cm³/mol. The Bertz CT molecular complexity index is 683. The van der Waals surface area contributed by atoms with Gasteiger partial charge in [0.1, 0.15) is 6.42 Å². The maximum Gasteiger partial charge on any atom is 0.254 e. The van der Waals surface area contributed by atoms with E-state index < -0.39 is 5.91 Å². The van der Waals surface area contributed by atoms with Gasteiger partial charge in [0, 0.05) is 0 Å². The number of carbonyl (C=O) groups is 1. The molecular formula is C15H13N3O. The molecule has 0 fully saturated rings. The zero-order valence-electron chi connectivity index (χ0n) is 10.6. The van der Waals surface area contributed by atoms with Gasteiger partial charge in [0.25, 0.3) is 5.91 Å². The molecule has 19 heavy (non-hydrogen) atoms. The minimum absolute atomic E-state index is 0.186. The van der Waals surface area contributed by atoms with Gasteiger partial charge in [-0.25, -0.2) is 5.43 Å². The van der Waals surface area contributed by atoms with Crippen LogP contribution in [0.1, 0.15) is 18.9 Å². The zero-order valence-corrected chi connectivity index (χ0v) is 10.6. The van der Waals surface area contributed by atoms with Crippen LogP contribution in [0.15, 0.2) is 47.6 Å². The fraction of sp³-hybridized carbons (Fsp3) is 0.133. The summed E-state index contributed by atoms with van der Waals surface area (Å²) in [5.41, 5.74) is 4.00. The van der Waals surface area contributed by atoms with E-state index in [9.17, 15) is 4.79 Å². The highest BCUT2D eigenvalue weighted by Crippen LogP contribution is 2.16. The fourth-order valence-electron chi connectivity index (χ4n) is 1.74.